The van der Waals surface area contributed by atoms with Crippen molar-refractivity contribution < 1.29 is 13.9 Å². The van der Waals surface area contributed by atoms with Crippen LogP contribution in [0.25, 0.3) is 17.0 Å². The number of fused-ring (bicyclic) bond motifs is 1. The molecular weight excluding hydrogens is 271 g/mol. The summed E-state index contributed by atoms with van der Waals surface area (Å²) >= 11 is 0. The summed E-state index contributed by atoms with van der Waals surface area (Å²) < 4.78 is 18.6. The molecule has 0 saturated carbocycles. The number of halogens is 1. The molecule has 1 aromatic carbocycles. The van der Waals surface area contributed by atoms with Gasteiger partial charge >= 0.3 is 6.09 Å². The number of nitrogens with zero attached hydrogens (tertiary/aromatic N) is 1. The highest BCUT2D eigenvalue weighted by molar-refractivity contribution is 5.97. The Hall–Kier alpha value is -2.43. The van der Waals surface area contributed by atoms with Crippen molar-refractivity contribution in [3.8, 4) is 0 Å². The number of carbonyl (C=O) groups is 1. The van der Waals surface area contributed by atoms with E-state index in [1.807, 2.05) is 0 Å². The molecule has 1 N–H and O–H groups in total. The monoisotopic (exact) mass is 288 g/mol. The third kappa shape index (κ3) is 3.56. The molecule has 0 radical (unpaired) electrons. The number of hydrogen-bond donors (Lipinski definition) is 1. The first-order chi connectivity index (χ1) is 9.80. The van der Waals surface area contributed by atoms with Gasteiger partial charge in [0, 0.05) is 10.9 Å². The molecule has 1 amide bonds. The molecule has 0 unspecified atom stereocenters. The SMILES string of the molecule is C=Cc1c(NC(=O)OC(C)(C)C)cnc2ccc(F)cc12. The Balaban J connectivity index is 2.40. The van der Waals surface area contributed by atoms with Crippen molar-refractivity contribution in [2.75, 3.05) is 5.32 Å². The molecule has 0 aliphatic heterocycles. The number of hydrogen-bond acceptors (Lipinski definition) is 3. The number of ether oxygens (including phenoxy) is 1. The van der Waals surface area contributed by atoms with Gasteiger partial charge in [0.1, 0.15) is 11.4 Å². The van der Waals surface area contributed by atoms with Crippen LogP contribution >= 0.6 is 0 Å². The Morgan fingerprint density at radius 1 is 1.43 bits per heavy atom. The van der Waals surface area contributed by atoms with Crippen LogP contribution in [0.4, 0.5) is 14.9 Å². The number of benzene rings is 1. The zero-order valence-corrected chi connectivity index (χ0v) is 12.2. The molecule has 0 spiro atoms. The fourth-order valence-corrected chi connectivity index (χ4v) is 1.92. The van der Waals surface area contributed by atoms with Crippen LogP contribution in [0.2, 0.25) is 0 Å². The Bertz CT molecular complexity index is 705. The quantitative estimate of drug-likeness (QED) is 0.893. The second-order valence-corrected chi connectivity index (χ2v) is 5.58. The van der Waals surface area contributed by atoms with Gasteiger partial charge in [-0.3, -0.25) is 10.3 Å². The summed E-state index contributed by atoms with van der Waals surface area (Å²) in [4.78, 5) is 16.0. The van der Waals surface area contributed by atoms with Gasteiger partial charge in [-0.25, -0.2) is 9.18 Å². The predicted molar refractivity (Wildman–Crippen MR) is 81.6 cm³/mol. The maximum absolute atomic E-state index is 13.4. The molecule has 1 heterocycles. The molecular formula is C16H17FN2O2. The van der Waals surface area contributed by atoms with E-state index in [-0.39, 0.29) is 5.82 Å². The molecule has 2 aromatic rings. The lowest BCUT2D eigenvalue weighted by molar-refractivity contribution is 0.0636. The van der Waals surface area contributed by atoms with Gasteiger partial charge in [0.2, 0.25) is 0 Å². The maximum atomic E-state index is 13.4. The standard InChI is InChI=1S/C16H17FN2O2/c1-5-11-12-8-10(17)6-7-13(12)18-9-14(11)19-15(20)21-16(2,3)4/h5-9H,1H2,2-4H3,(H,19,20). The minimum absolute atomic E-state index is 0.373. The highest BCUT2D eigenvalue weighted by atomic mass is 19.1. The minimum Gasteiger partial charge on any atom is -0.444 e. The van der Waals surface area contributed by atoms with Gasteiger partial charge < -0.3 is 4.74 Å². The first kappa shape index (κ1) is 15.0. The Kier molecular flexibility index (Phi) is 3.93. The zero-order chi connectivity index (χ0) is 15.6. The normalized spacial score (nSPS) is 11.2. The Labute approximate surface area is 122 Å². The zero-order valence-electron chi connectivity index (χ0n) is 12.2. The number of pyridine rings is 1. The van der Waals surface area contributed by atoms with Gasteiger partial charge in [-0.2, -0.15) is 0 Å². The number of carbonyl (C=O) groups excluding carboxylic acids is 1. The van der Waals surface area contributed by atoms with E-state index < -0.39 is 11.7 Å². The van der Waals surface area contributed by atoms with Crippen LogP contribution < -0.4 is 5.32 Å². The van der Waals surface area contributed by atoms with Crippen molar-refractivity contribution in [2.24, 2.45) is 0 Å². The van der Waals surface area contributed by atoms with Crippen LogP contribution in [-0.2, 0) is 4.74 Å². The number of amides is 1. The van der Waals surface area contributed by atoms with E-state index in [0.29, 0.717) is 22.2 Å². The van der Waals surface area contributed by atoms with E-state index in [1.54, 1.807) is 32.9 Å². The number of rotatable bonds is 2. The largest absolute Gasteiger partial charge is 0.444 e. The van der Waals surface area contributed by atoms with Gasteiger partial charge in [-0.15, -0.1) is 0 Å². The van der Waals surface area contributed by atoms with E-state index in [1.165, 1.54) is 18.3 Å². The average Bonchev–Trinajstić information content (AvgIpc) is 2.36. The fourth-order valence-electron chi connectivity index (χ4n) is 1.92. The van der Waals surface area contributed by atoms with Crippen molar-refractivity contribution >= 4 is 28.8 Å². The van der Waals surface area contributed by atoms with Gasteiger partial charge in [-0.1, -0.05) is 12.7 Å². The van der Waals surface area contributed by atoms with E-state index in [9.17, 15) is 9.18 Å². The van der Waals surface area contributed by atoms with Gasteiger partial charge in [0.15, 0.2) is 0 Å². The molecule has 2 rings (SSSR count). The van der Waals surface area contributed by atoms with Crippen LogP contribution in [0, 0.1) is 5.82 Å². The summed E-state index contributed by atoms with van der Waals surface area (Å²) in [7, 11) is 0. The minimum atomic E-state index is -0.602. The summed E-state index contributed by atoms with van der Waals surface area (Å²) in [5.74, 6) is -0.373. The van der Waals surface area contributed by atoms with Crippen molar-refractivity contribution in [1.29, 1.82) is 0 Å². The topological polar surface area (TPSA) is 51.2 Å². The maximum Gasteiger partial charge on any atom is 0.412 e. The molecule has 21 heavy (non-hydrogen) atoms. The molecule has 0 atom stereocenters. The summed E-state index contributed by atoms with van der Waals surface area (Å²) in [5.41, 5.74) is 1.05. The molecule has 4 nitrogen and oxygen atoms in total. The molecule has 0 saturated heterocycles. The lowest BCUT2D eigenvalue weighted by Gasteiger charge is -2.20. The van der Waals surface area contributed by atoms with Gasteiger partial charge in [-0.05, 0) is 39.0 Å². The van der Waals surface area contributed by atoms with Crippen LogP contribution in [0.3, 0.4) is 0 Å². The van der Waals surface area contributed by atoms with Crippen molar-refractivity contribution in [3.05, 3.63) is 42.4 Å². The van der Waals surface area contributed by atoms with Gasteiger partial charge in [0.05, 0.1) is 17.4 Å². The van der Waals surface area contributed by atoms with Crippen molar-refractivity contribution in [3.63, 3.8) is 0 Å². The molecule has 1 aromatic heterocycles. The number of aromatic nitrogens is 1. The fraction of sp³-hybridized carbons (Fsp3) is 0.250. The van der Waals surface area contributed by atoms with E-state index in [2.05, 4.69) is 16.9 Å². The summed E-state index contributed by atoms with van der Waals surface area (Å²) in [6.45, 7) is 9.03. The molecule has 5 heteroatoms. The third-order valence-corrected chi connectivity index (χ3v) is 2.71. The molecule has 0 aliphatic rings. The first-order valence-corrected chi connectivity index (χ1v) is 6.51. The van der Waals surface area contributed by atoms with Crippen molar-refractivity contribution in [1.82, 2.24) is 4.98 Å². The van der Waals surface area contributed by atoms with Crippen LogP contribution in [-0.4, -0.2) is 16.7 Å². The van der Waals surface area contributed by atoms with Gasteiger partial charge in [0.25, 0.3) is 0 Å². The van der Waals surface area contributed by atoms with Crippen LogP contribution in [0.15, 0.2) is 31.0 Å². The second kappa shape index (κ2) is 5.52. The van der Waals surface area contributed by atoms with Crippen LogP contribution in [0.5, 0.6) is 0 Å². The summed E-state index contributed by atoms with van der Waals surface area (Å²) in [6, 6.07) is 4.28. The van der Waals surface area contributed by atoms with E-state index in [0.717, 1.165) is 0 Å². The Morgan fingerprint density at radius 2 is 2.14 bits per heavy atom. The smallest absolute Gasteiger partial charge is 0.412 e. The second-order valence-electron chi connectivity index (χ2n) is 5.58. The predicted octanol–water partition coefficient (Wildman–Crippen LogP) is 4.36. The van der Waals surface area contributed by atoms with E-state index >= 15 is 0 Å². The molecule has 0 aliphatic carbocycles. The first-order valence-electron chi connectivity index (χ1n) is 6.51. The average molecular weight is 288 g/mol. The lowest BCUT2D eigenvalue weighted by atomic mass is 10.1. The number of nitrogens with one attached hydrogen (secondary N) is 1. The third-order valence-electron chi connectivity index (χ3n) is 2.71. The molecule has 110 valence electrons. The summed E-state index contributed by atoms with van der Waals surface area (Å²) in [5, 5.41) is 3.19. The highest BCUT2D eigenvalue weighted by Gasteiger charge is 2.17. The van der Waals surface area contributed by atoms with Crippen molar-refractivity contribution in [2.45, 2.75) is 26.4 Å². The summed E-state index contributed by atoms with van der Waals surface area (Å²) in [6.07, 6.45) is 2.46. The van der Waals surface area contributed by atoms with Crippen LogP contribution in [0.1, 0.15) is 26.3 Å². The van der Waals surface area contributed by atoms with E-state index in [4.69, 9.17) is 4.74 Å². The number of anilines is 1. The lowest BCUT2D eigenvalue weighted by Crippen LogP contribution is -2.27. The molecule has 0 bridgehead atoms. The Morgan fingerprint density at radius 3 is 2.76 bits per heavy atom. The molecule has 0 fully saturated rings. The highest BCUT2D eigenvalue weighted by Crippen LogP contribution is 2.26.